The van der Waals surface area contributed by atoms with E-state index < -0.39 is 24.0 Å². The number of carbonyl (C=O) groups excluding carboxylic acids is 3. The molecule has 5 atom stereocenters. The number of carboxylic acids is 2. The molecule has 3 amide bonds. The van der Waals surface area contributed by atoms with Gasteiger partial charge in [0.2, 0.25) is 12.1 Å². The van der Waals surface area contributed by atoms with Gasteiger partial charge in [0.05, 0.1) is 42.3 Å². The molecule has 15 rings (SSSR count). The molecule has 4 N–H and O–H groups in total. The molecule has 25 heteroatoms. The monoisotopic (exact) mass is 1800 g/mol. The van der Waals surface area contributed by atoms with E-state index in [1.807, 2.05) is 97.0 Å². The van der Waals surface area contributed by atoms with Gasteiger partial charge in [-0.3, -0.25) is 53.3 Å². The molecule has 4 fully saturated rings. The summed E-state index contributed by atoms with van der Waals surface area (Å²) in [4.78, 5) is 92.7. The normalized spacial score (nSPS) is 18.2. The molecule has 0 bridgehead atoms. The third-order valence-corrected chi connectivity index (χ3v) is 29.0. The third kappa shape index (κ3) is 23.7. The van der Waals surface area contributed by atoms with Gasteiger partial charge < -0.3 is 29.5 Å². The van der Waals surface area contributed by atoms with Gasteiger partial charge in [0.25, 0.3) is 17.4 Å². The van der Waals surface area contributed by atoms with Crippen molar-refractivity contribution >= 4 is 162 Å². The molecular weight excluding hydrogens is 1690 g/mol. The zero-order chi connectivity index (χ0) is 88.1. The minimum Gasteiger partial charge on any atom is -0.494 e. The summed E-state index contributed by atoms with van der Waals surface area (Å²) in [5.74, 6) is 0.228. The summed E-state index contributed by atoms with van der Waals surface area (Å²) in [6.45, 7) is 4.65. The molecule has 3 aromatic heterocycles. The van der Waals surface area contributed by atoms with Gasteiger partial charge in [-0.2, -0.15) is 10.0 Å². The number of pyridine rings is 2. The van der Waals surface area contributed by atoms with Gasteiger partial charge in [-0.05, 0) is 192 Å². The number of carbonyl (C=O) groups is 5. The Bertz CT molecular complexity index is 5740. The van der Waals surface area contributed by atoms with Crippen LogP contribution in [0.3, 0.4) is 0 Å². The van der Waals surface area contributed by atoms with Gasteiger partial charge >= 0.3 is 11.9 Å². The van der Waals surface area contributed by atoms with E-state index >= 15 is 0 Å². The van der Waals surface area contributed by atoms with Crippen molar-refractivity contribution in [2.45, 2.75) is 204 Å². The van der Waals surface area contributed by atoms with Crippen molar-refractivity contribution in [2.24, 2.45) is 0 Å². The van der Waals surface area contributed by atoms with Crippen molar-refractivity contribution < 1.29 is 57.6 Å². The number of hydroxylamine groups is 1. The number of nitrogens with one attached hydrogen (secondary N) is 2. The first-order valence-corrected chi connectivity index (χ1v) is 48.4. The number of aliphatic carboxylic acids is 2. The summed E-state index contributed by atoms with van der Waals surface area (Å²) >= 11 is 15.0. The van der Waals surface area contributed by atoms with Crippen LogP contribution in [-0.2, 0) is 41.9 Å². The molecule has 6 aromatic carbocycles. The summed E-state index contributed by atoms with van der Waals surface area (Å²) in [6.07, 6.45) is 43.9. The minimum absolute atomic E-state index is 0.120. The van der Waals surface area contributed by atoms with Crippen LogP contribution >= 0.6 is 59.3 Å². The molecular formula is C102H113N9O11S5+2. The SMILES string of the molecule is CC(NC(=O)Cn1c(=O)/c(=C\c2ccc3c(c2)C2CCCC2N3c2ccc(/C=C/c3cccc(OCCCCCCCCCCC(=O)O)c3)cc2)s/c1=C1/SC(=S)N(C)C1=O)[n+]1ccc(-c2cc[n+](CCNOCCN3C(=O)/C(=C\c4ccc5c(c4)C4CCCC4N5c4ccc(/C=C/c5cccc(OCCCCCCCCCCC(=O)O)c5)cc4)SC3=S)cc2)cc1. The van der Waals surface area contributed by atoms with Crippen LogP contribution in [0.4, 0.5) is 22.7 Å². The van der Waals surface area contributed by atoms with Crippen molar-refractivity contribution in [2.75, 3.05) is 49.8 Å². The van der Waals surface area contributed by atoms with E-state index in [1.54, 1.807) is 11.9 Å². The molecule has 2 saturated carbocycles. The van der Waals surface area contributed by atoms with E-state index in [0.717, 1.165) is 195 Å². The summed E-state index contributed by atoms with van der Waals surface area (Å²) < 4.78 is 19.3. The van der Waals surface area contributed by atoms with Gasteiger partial charge in [0, 0.05) is 97.7 Å². The van der Waals surface area contributed by atoms with E-state index in [9.17, 15) is 28.8 Å². The average molecular weight is 1800 g/mol. The Balaban J connectivity index is 0.495. The predicted octanol–water partition coefficient (Wildman–Crippen LogP) is 19.2. The van der Waals surface area contributed by atoms with E-state index in [1.165, 1.54) is 80.8 Å². The van der Waals surface area contributed by atoms with Crippen LogP contribution in [0.5, 0.6) is 11.5 Å². The van der Waals surface area contributed by atoms with Crippen LogP contribution in [0.15, 0.2) is 192 Å². The van der Waals surface area contributed by atoms with Crippen molar-refractivity contribution in [1.82, 2.24) is 25.2 Å². The molecule has 127 heavy (non-hydrogen) atoms. The number of carboxylic acid groups (broad SMARTS) is 2. The van der Waals surface area contributed by atoms with E-state index in [-0.39, 0.29) is 43.4 Å². The summed E-state index contributed by atoms with van der Waals surface area (Å²) in [6, 6.07) is 55.8. The lowest BCUT2D eigenvalue weighted by molar-refractivity contribution is -0.723. The maximum Gasteiger partial charge on any atom is 0.303 e. The Hall–Kier alpha value is -10.6. The standard InChI is InChI=1S/C102H111N9O11S5/c1-70(104-93(112)69-109-98(118)91(125-100(109)96-99(119)105(2)101(123)127-96)67-75-41-47-89-85(65-75)83-27-21-29-87(83)110(89)79-43-37-71(38-44-79)33-35-73-23-19-25-81(63-73)120-60-17-13-9-5-3-7-11-15-31-94(113)114)107-56-51-78(52-57-107)77-49-54-106(55-50-77)58-53-103-122-62-59-108-97(117)92(126-102(108)124)68-76-42-48-90-86(66-76)84-28-22-30-88(84)111(90)80-45-39-72(40-46-80)34-36-74-24-20-26-82(64-74)121-61-18-14-10-6-4-8-12-16-32-95(115)116/h19-20,23-26,33-52,54-57,63-68,70,83-84,87-88,103H,3-18,21-22,27-32,53,58-62,69H2,1-2H3,(H-2,104,112,113,114,115,116)/p+2/b35-33+,36-34+,91-67+,92-68+,100-96+. The number of fused-ring (bicyclic) bond motifs is 6. The van der Waals surface area contributed by atoms with Gasteiger partial charge in [-0.15, -0.1) is 11.3 Å². The van der Waals surface area contributed by atoms with Gasteiger partial charge in [-0.1, -0.05) is 223 Å². The van der Waals surface area contributed by atoms with Crippen LogP contribution in [0.1, 0.15) is 224 Å². The Morgan fingerprint density at radius 3 is 1.54 bits per heavy atom. The first-order valence-electron chi connectivity index (χ1n) is 45.1. The smallest absolute Gasteiger partial charge is 0.303 e. The largest absolute Gasteiger partial charge is 0.494 e. The molecule has 5 unspecified atom stereocenters. The second kappa shape index (κ2) is 44.4. The number of benzene rings is 6. The van der Waals surface area contributed by atoms with Crippen molar-refractivity contribution in [3.63, 3.8) is 0 Å². The minimum atomic E-state index is -0.711. The number of anilines is 4. The first kappa shape index (κ1) is 91.1. The zero-order valence-corrected chi connectivity index (χ0v) is 76.4. The Morgan fingerprint density at radius 1 is 0.535 bits per heavy atom. The lowest BCUT2D eigenvalue weighted by Crippen LogP contribution is -2.49. The number of ether oxygens (including phenoxy) is 2. The van der Waals surface area contributed by atoms with Crippen molar-refractivity contribution in [3.05, 3.63) is 251 Å². The van der Waals surface area contributed by atoms with Crippen LogP contribution in [0.25, 0.3) is 52.5 Å². The van der Waals surface area contributed by atoms with Crippen LogP contribution in [0.2, 0.25) is 0 Å². The predicted molar refractivity (Wildman–Crippen MR) is 518 cm³/mol. The molecule has 4 aliphatic heterocycles. The molecule has 2 aliphatic carbocycles. The molecule has 660 valence electrons. The second-order valence-corrected chi connectivity index (χ2v) is 38.1. The Labute approximate surface area is 767 Å². The number of aromatic nitrogens is 3. The van der Waals surface area contributed by atoms with Crippen molar-refractivity contribution in [1.29, 1.82) is 0 Å². The summed E-state index contributed by atoms with van der Waals surface area (Å²) in [7, 11) is 1.62. The zero-order valence-electron chi connectivity index (χ0n) is 72.3. The molecule has 6 aliphatic rings. The molecule has 2 saturated heterocycles. The number of nitrogens with zero attached hydrogens (tertiary/aromatic N) is 7. The highest BCUT2D eigenvalue weighted by atomic mass is 32.2. The quantitative estimate of drug-likeness (QED) is 0.00696. The fourth-order valence-corrected chi connectivity index (χ4v) is 21.9. The molecule has 0 spiro atoms. The third-order valence-electron chi connectivity index (χ3n) is 24.9. The number of hydrogen-bond donors (Lipinski definition) is 4. The molecule has 9 aromatic rings. The molecule has 7 heterocycles. The highest BCUT2D eigenvalue weighted by molar-refractivity contribution is 8.30. The Kier molecular flexibility index (Phi) is 31.8. The summed E-state index contributed by atoms with van der Waals surface area (Å²) in [5, 5.41) is 20.7. The maximum atomic E-state index is 14.7. The van der Waals surface area contributed by atoms with Gasteiger partial charge in [-0.25, -0.2) is 4.57 Å². The number of rotatable bonds is 44. The van der Waals surface area contributed by atoms with E-state index in [2.05, 4.69) is 159 Å². The van der Waals surface area contributed by atoms with Gasteiger partial charge in [0.15, 0.2) is 31.3 Å². The first-order chi connectivity index (χ1) is 61.9. The number of hydrogen-bond acceptors (Lipinski definition) is 17. The lowest BCUT2D eigenvalue weighted by Gasteiger charge is -2.27. The number of thioether (sulfide) groups is 2. The maximum absolute atomic E-state index is 14.7. The fraction of sp³-hybridized carbons (Fsp3) is 0.373. The topological polar surface area (TPSA) is 220 Å². The number of amides is 3. The Morgan fingerprint density at radius 2 is 1.02 bits per heavy atom. The molecule has 20 nitrogen and oxygen atoms in total. The second-order valence-electron chi connectivity index (χ2n) is 33.8. The highest BCUT2D eigenvalue weighted by Crippen LogP contribution is 2.54. The average Bonchev–Trinajstić information content (AvgIpc) is 1.59. The van der Waals surface area contributed by atoms with E-state index in [0.29, 0.717) is 84.4 Å². The van der Waals surface area contributed by atoms with Crippen LogP contribution in [-0.4, -0.2) is 115 Å². The number of unbranched alkanes of at least 4 members (excludes halogenated alkanes) is 14. The summed E-state index contributed by atoms with van der Waals surface area (Å²) in [5.41, 5.74) is 18.2. The van der Waals surface area contributed by atoms with Crippen molar-refractivity contribution in [3.8, 4) is 22.6 Å². The molecule has 0 radical (unpaired) electrons. The van der Waals surface area contributed by atoms with Crippen LogP contribution < -0.4 is 54.0 Å². The van der Waals surface area contributed by atoms with Crippen LogP contribution in [0, 0.1) is 0 Å². The van der Waals surface area contributed by atoms with Gasteiger partial charge in [0.1, 0.15) is 36.3 Å². The fourth-order valence-electron chi connectivity index (χ4n) is 18.2. The number of thiocarbonyl (C=S) groups is 2. The number of thiazole rings is 1. The highest BCUT2D eigenvalue weighted by Gasteiger charge is 2.44. The lowest BCUT2D eigenvalue weighted by atomic mass is 9.96. The van der Waals surface area contributed by atoms with E-state index in [4.69, 9.17) is 49.0 Å².